The summed E-state index contributed by atoms with van der Waals surface area (Å²) < 4.78 is 16.1. The van der Waals surface area contributed by atoms with E-state index >= 15 is 0 Å². The van der Waals surface area contributed by atoms with Crippen LogP contribution in [-0.4, -0.2) is 28.6 Å². The van der Waals surface area contributed by atoms with Crippen molar-refractivity contribution < 1.29 is 33.5 Å². The van der Waals surface area contributed by atoms with Gasteiger partial charge in [0, 0.05) is 25.0 Å². The lowest BCUT2D eigenvalue weighted by atomic mass is 9.93. The summed E-state index contributed by atoms with van der Waals surface area (Å²) >= 11 is 0. The molecule has 9 heteroatoms. The van der Waals surface area contributed by atoms with Crippen LogP contribution in [0.25, 0.3) is 6.08 Å². The monoisotopic (exact) mass is 437 g/mol. The van der Waals surface area contributed by atoms with Crippen LogP contribution >= 0.6 is 0 Å². The van der Waals surface area contributed by atoms with E-state index in [0.29, 0.717) is 18.4 Å². The van der Waals surface area contributed by atoms with Crippen LogP contribution < -0.4 is 4.74 Å². The van der Waals surface area contributed by atoms with E-state index in [2.05, 4.69) is 0 Å². The number of ether oxygens (including phenoxy) is 3. The molecular formula is C23H19NO8. The number of esters is 3. The summed E-state index contributed by atoms with van der Waals surface area (Å²) in [6.07, 6.45) is 5.03. The van der Waals surface area contributed by atoms with Crippen molar-refractivity contribution in [3.05, 3.63) is 75.3 Å². The van der Waals surface area contributed by atoms with Crippen LogP contribution in [0, 0.1) is 10.1 Å². The largest absolute Gasteiger partial charge is 0.423 e. The number of hydrogen-bond acceptors (Lipinski definition) is 8. The zero-order chi connectivity index (χ0) is 22.7. The number of benzene rings is 2. The predicted octanol–water partition coefficient (Wildman–Crippen LogP) is 3.96. The molecule has 1 saturated carbocycles. The Hall–Kier alpha value is -4.01. The number of hydrogen-bond donors (Lipinski definition) is 0. The predicted molar refractivity (Wildman–Crippen MR) is 110 cm³/mol. The van der Waals surface area contributed by atoms with E-state index in [1.807, 2.05) is 0 Å². The third-order valence-electron chi connectivity index (χ3n) is 5.31. The maximum absolute atomic E-state index is 12.4. The minimum atomic E-state index is -1.14. The van der Waals surface area contributed by atoms with Crippen LogP contribution in [-0.2, 0) is 19.1 Å². The first-order valence-corrected chi connectivity index (χ1v) is 10.1. The number of nitro groups is 1. The minimum absolute atomic E-state index is 0.0368. The molecule has 2 fully saturated rings. The highest BCUT2D eigenvalue weighted by Gasteiger charge is 2.46. The topological polar surface area (TPSA) is 122 Å². The van der Waals surface area contributed by atoms with Gasteiger partial charge in [-0.3, -0.25) is 10.1 Å². The van der Waals surface area contributed by atoms with Crippen molar-refractivity contribution in [2.24, 2.45) is 0 Å². The van der Waals surface area contributed by atoms with Gasteiger partial charge in [0.05, 0.1) is 10.5 Å². The maximum Gasteiger partial charge on any atom is 0.348 e. The number of nitrogens with zero attached hydrogens (tertiary/aromatic N) is 1. The van der Waals surface area contributed by atoms with E-state index in [0.717, 1.165) is 25.3 Å². The van der Waals surface area contributed by atoms with E-state index < -0.39 is 28.6 Å². The Bertz CT molecular complexity index is 1090. The van der Waals surface area contributed by atoms with Gasteiger partial charge < -0.3 is 14.2 Å². The van der Waals surface area contributed by atoms with Crippen molar-refractivity contribution in [1.29, 1.82) is 0 Å². The minimum Gasteiger partial charge on any atom is -0.423 e. The molecule has 0 amide bonds. The van der Waals surface area contributed by atoms with E-state index in [4.69, 9.17) is 14.2 Å². The molecule has 0 atom stereocenters. The Kier molecular flexibility index (Phi) is 5.72. The molecule has 0 unspecified atom stereocenters. The summed E-state index contributed by atoms with van der Waals surface area (Å²) in [4.78, 5) is 47.3. The molecule has 32 heavy (non-hydrogen) atoms. The van der Waals surface area contributed by atoms with Crippen molar-refractivity contribution in [1.82, 2.24) is 0 Å². The van der Waals surface area contributed by atoms with E-state index in [-0.39, 0.29) is 22.6 Å². The molecule has 1 spiro atoms. The smallest absolute Gasteiger partial charge is 0.348 e. The zero-order valence-electron chi connectivity index (χ0n) is 16.9. The molecule has 2 aromatic rings. The molecule has 4 rings (SSSR count). The van der Waals surface area contributed by atoms with Crippen LogP contribution in [0.2, 0.25) is 0 Å². The van der Waals surface area contributed by atoms with Crippen LogP contribution in [0.5, 0.6) is 5.75 Å². The second-order valence-electron chi connectivity index (χ2n) is 7.57. The third-order valence-corrected chi connectivity index (χ3v) is 5.31. The number of carbonyl (C=O) groups excluding carboxylic acids is 3. The molecule has 0 radical (unpaired) electrons. The molecule has 1 saturated heterocycles. The molecule has 1 aliphatic carbocycles. The van der Waals surface area contributed by atoms with E-state index in [9.17, 15) is 24.5 Å². The molecule has 2 aliphatic rings. The summed E-state index contributed by atoms with van der Waals surface area (Å²) in [5.74, 6) is -3.14. The molecule has 9 nitrogen and oxygen atoms in total. The van der Waals surface area contributed by atoms with Gasteiger partial charge in [0.25, 0.3) is 11.5 Å². The third kappa shape index (κ3) is 4.51. The van der Waals surface area contributed by atoms with Gasteiger partial charge in [-0.25, -0.2) is 14.4 Å². The molecule has 2 aromatic carbocycles. The molecule has 0 aromatic heterocycles. The summed E-state index contributed by atoms with van der Waals surface area (Å²) in [6, 6.07) is 11.3. The molecular weight excluding hydrogens is 418 g/mol. The van der Waals surface area contributed by atoms with Crippen molar-refractivity contribution in [2.75, 3.05) is 0 Å². The van der Waals surface area contributed by atoms with Gasteiger partial charge >= 0.3 is 17.9 Å². The maximum atomic E-state index is 12.4. The second-order valence-corrected chi connectivity index (χ2v) is 7.57. The first kappa shape index (κ1) is 21.2. The summed E-state index contributed by atoms with van der Waals surface area (Å²) in [5, 5.41) is 10.9. The van der Waals surface area contributed by atoms with E-state index in [1.165, 1.54) is 36.4 Å². The van der Waals surface area contributed by atoms with E-state index in [1.54, 1.807) is 12.1 Å². The summed E-state index contributed by atoms with van der Waals surface area (Å²) in [5.41, 5.74) is 0.114. The number of carbonyl (C=O) groups is 3. The van der Waals surface area contributed by atoms with Crippen LogP contribution in [0.3, 0.4) is 0 Å². The Labute approximate surface area is 182 Å². The lowest BCUT2D eigenvalue weighted by molar-refractivity contribution is -0.384. The van der Waals surface area contributed by atoms with Gasteiger partial charge in [-0.1, -0.05) is 24.6 Å². The van der Waals surface area contributed by atoms with Crippen LogP contribution in [0.4, 0.5) is 5.69 Å². The normalized spacial score (nSPS) is 17.3. The summed E-state index contributed by atoms with van der Waals surface area (Å²) in [6.45, 7) is 0. The Morgan fingerprint density at radius 2 is 1.66 bits per heavy atom. The van der Waals surface area contributed by atoms with Gasteiger partial charge in [0.2, 0.25) is 0 Å². The number of nitro benzene ring substituents is 1. The SMILES string of the molecule is O=C1OC2(CCCCC2)OC(=O)C1=Cc1ccc(OC(=O)c2cccc([N+](=O)[O-])c2)cc1. The molecule has 164 valence electrons. The lowest BCUT2D eigenvalue weighted by Gasteiger charge is -2.38. The average Bonchev–Trinajstić information content (AvgIpc) is 2.78. The fourth-order valence-electron chi connectivity index (χ4n) is 3.68. The molecule has 1 aliphatic heterocycles. The van der Waals surface area contributed by atoms with Crippen LogP contribution in [0.1, 0.15) is 48.0 Å². The molecule has 0 N–H and O–H groups in total. The van der Waals surface area contributed by atoms with Crippen molar-refractivity contribution >= 4 is 29.7 Å². The second kappa shape index (κ2) is 8.62. The molecule has 1 heterocycles. The fourth-order valence-corrected chi connectivity index (χ4v) is 3.68. The zero-order valence-corrected chi connectivity index (χ0v) is 16.9. The van der Waals surface area contributed by atoms with Crippen LogP contribution in [0.15, 0.2) is 54.1 Å². The number of non-ortho nitro benzene ring substituents is 1. The van der Waals surface area contributed by atoms with Gasteiger partial charge in [0.15, 0.2) is 0 Å². The van der Waals surface area contributed by atoms with Gasteiger partial charge in [-0.2, -0.15) is 0 Å². The number of rotatable bonds is 4. The standard InChI is InChI=1S/C23H19NO8/c25-20(16-5-4-6-17(14-16)24(28)29)30-18-9-7-15(8-10-18)13-19-21(26)31-23(32-22(19)27)11-2-1-3-12-23/h4-10,13-14H,1-3,11-12H2. The Morgan fingerprint density at radius 3 is 2.28 bits per heavy atom. The molecule has 0 bridgehead atoms. The van der Waals surface area contributed by atoms with Crippen molar-refractivity contribution in [3.63, 3.8) is 0 Å². The van der Waals surface area contributed by atoms with Crippen molar-refractivity contribution in [2.45, 2.75) is 37.9 Å². The average molecular weight is 437 g/mol. The highest BCUT2D eigenvalue weighted by molar-refractivity contribution is 6.18. The highest BCUT2D eigenvalue weighted by Crippen LogP contribution is 2.37. The lowest BCUT2D eigenvalue weighted by Crippen LogP contribution is -2.47. The Balaban J connectivity index is 1.44. The quantitative estimate of drug-likeness (QED) is 0.176. The van der Waals surface area contributed by atoms with Gasteiger partial charge in [-0.15, -0.1) is 0 Å². The fraction of sp³-hybridized carbons (Fsp3) is 0.261. The Morgan fingerprint density at radius 1 is 1.00 bits per heavy atom. The van der Waals surface area contributed by atoms with Gasteiger partial charge in [0.1, 0.15) is 11.3 Å². The summed E-state index contributed by atoms with van der Waals surface area (Å²) in [7, 11) is 0. The first-order valence-electron chi connectivity index (χ1n) is 10.1. The van der Waals surface area contributed by atoms with Gasteiger partial charge in [-0.05, 0) is 42.7 Å². The van der Waals surface area contributed by atoms with Crippen molar-refractivity contribution in [3.8, 4) is 5.75 Å². The first-order chi connectivity index (χ1) is 15.3. The highest BCUT2D eigenvalue weighted by atomic mass is 16.7.